The predicted molar refractivity (Wildman–Crippen MR) is 68.6 cm³/mol. The number of benzene rings is 2. The number of nitrogens with one attached hydrogen (secondary N) is 1. The second-order valence-corrected chi connectivity index (χ2v) is 4.01. The van der Waals surface area contributed by atoms with Crippen LogP contribution < -0.4 is 0 Å². The minimum Gasteiger partial charge on any atom is -0.508 e. The van der Waals surface area contributed by atoms with Crippen molar-refractivity contribution < 1.29 is 9.90 Å². The van der Waals surface area contributed by atoms with Crippen LogP contribution in [0.2, 0.25) is 0 Å². The molecule has 4 nitrogen and oxygen atoms in total. The third kappa shape index (κ3) is 1.55. The number of aromatic hydroxyl groups is 1. The lowest BCUT2D eigenvalue weighted by molar-refractivity contribution is 0.112. The molecule has 0 amide bonds. The Balaban J connectivity index is 2.28. The summed E-state index contributed by atoms with van der Waals surface area (Å²) in [7, 11) is 0. The molecule has 1 heterocycles. The first-order valence-corrected chi connectivity index (χ1v) is 5.51. The molecule has 0 fully saturated rings. The zero-order chi connectivity index (χ0) is 12.5. The van der Waals surface area contributed by atoms with Gasteiger partial charge in [-0.25, -0.2) is 0 Å². The second kappa shape index (κ2) is 4.00. The van der Waals surface area contributed by atoms with E-state index >= 15 is 0 Å². The maximum absolute atomic E-state index is 10.9. The van der Waals surface area contributed by atoms with Crippen LogP contribution in [0, 0.1) is 0 Å². The molecule has 4 heteroatoms. The van der Waals surface area contributed by atoms with Crippen LogP contribution >= 0.6 is 0 Å². The number of phenolic OH excluding ortho intramolecular Hbond substituents is 1. The summed E-state index contributed by atoms with van der Waals surface area (Å²) in [6.07, 6.45) is 0.787. The third-order valence-electron chi connectivity index (χ3n) is 2.88. The number of rotatable bonds is 2. The van der Waals surface area contributed by atoms with Gasteiger partial charge in [-0.15, -0.1) is 0 Å². The highest BCUT2D eigenvalue weighted by atomic mass is 16.3. The number of carbonyl (C=O) groups is 1. The molecular weight excluding hydrogens is 228 g/mol. The molecule has 88 valence electrons. The third-order valence-corrected chi connectivity index (χ3v) is 2.88. The molecule has 0 saturated heterocycles. The molecule has 0 unspecified atom stereocenters. The Morgan fingerprint density at radius 1 is 1.17 bits per heavy atom. The van der Waals surface area contributed by atoms with Crippen molar-refractivity contribution >= 4 is 17.2 Å². The summed E-state index contributed by atoms with van der Waals surface area (Å²) >= 11 is 0. The number of aldehydes is 1. The number of carbonyl (C=O) groups excluding carboxylic acids is 1. The minimum atomic E-state index is 0.196. The fourth-order valence-corrected chi connectivity index (χ4v) is 2.04. The summed E-state index contributed by atoms with van der Waals surface area (Å²) in [5.74, 6) is 0.196. The van der Waals surface area contributed by atoms with Gasteiger partial charge in [-0.05, 0) is 18.2 Å². The summed E-state index contributed by atoms with van der Waals surface area (Å²) < 4.78 is 0. The Labute approximate surface area is 103 Å². The lowest BCUT2D eigenvalue weighted by Crippen LogP contribution is -1.81. The summed E-state index contributed by atoms with van der Waals surface area (Å²) in [4.78, 5) is 10.9. The van der Waals surface area contributed by atoms with E-state index < -0.39 is 0 Å². The molecule has 1 aromatic heterocycles. The molecule has 2 aromatic carbocycles. The average Bonchev–Trinajstić information content (AvgIpc) is 2.82. The zero-order valence-corrected chi connectivity index (χ0v) is 9.42. The van der Waals surface area contributed by atoms with E-state index in [1.54, 1.807) is 24.3 Å². The van der Waals surface area contributed by atoms with Gasteiger partial charge in [-0.2, -0.15) is 5.10 Å². The van der Waals surface area contributed by atoms with Gasteiger partial charge in [0.15, 0.2) is 6.29 Å². The molecule has 0 saturated carbocycles. The lowest BCUT2D eigenvalue weighted by Gasteiger charge is -2.00. The van der Waals surface area contributed by atoms with E-state index in [4.69, 9.17) is 0 Å². The Kier molecular flexibility index (Phi) is 2.34. The van der Waals surface area contributed by atoms with Crippen molar-refractivity contribution in [2.75, 3.05) is 0 Å². The van der Waals surface area contributed by atoms with E-state index in [0.717, 1.165) is 22.9 Å². The summed E-state index contributed by atoms with van der Waals surface area (Å²) in [6.45, 7) is 0. The monoisotopic (exact) mass is 238 g/mol. The number of aromatic nitrogens is 2. The van der Waals surface area contributed by atoms with Gasteiger partial charge in [0.25, 0.3) is 0 Å². The highest BCUT2D eigenvalue weighted by Crippen LogP contribution is 2.29. The van der Waals surface area contributed by atoms with Gasteiger partial charge in [0.05, 0.1) is 5.69 Å². The first kappa shape index (κ1) is 10.5. The van der Waals surface area contributed by atoms with E-state index in [-0.39, 0.29) is 5.75 Å². The van der Waals surface area contributed by atoms with Crippen molar-refractivity contribution in [1.82, 2.24) is 10.2 Å². The molecular formula is C14H10N2O2. The fraction of sp³-hybridized carbons (Fsp3) is 0. The van der Waals surface area contributed by atoms with Crippen molar-refractivity contribution in [2.45, 2.75) is 0 Å². The van der Waals surface area contributed by atoms with Crippen molar-refractivity contribution in [2.24, 2.45) is 0 Å². The Bertz CT molecular complexity index is 731. The number of H-pyrrole nitrogens is 1. The molecule has 0 spiro atoms. The number of hydrogen-bond donors (Lipinski definition) is 2. The molecule has 0 radical (unpaired) electrons. The first-order valence-electron chi connectivity index (χ1n) is 5.51. The van der Waals surface area contributed by atoms with Crippen LogP contribution in [0.15, 0.2) is 42.5 Å². The summed E-state index contributed by atoms with van der Waals surface area (Å²) in [6, 6.07) is 12.3. The Morgan fingerprint density at radius 2 is 2.00 bits per heavy atom. The van der Waals surface area contributed by atoms with Gasteiger partial charge < -0.3 is 5.11 Å². The van der Waals surface area contributed by atoms with E-state index in [9.17, 15) is 9.90 Å². The summed E-state index contributed by atoms with van der Waals surface area (Å²) in [5, 5.41) is 17.4. The number of hydrogen-bond acceptors (Lipinski definition) is 3. The van der Waals surface area contributed by atoms with Gasteiger partial charge in [-0.3, -0.25) is 9.89 Å². The van der Waals surface area contributed by atoms with Crippen LogP contribution in [-0.2, 0) is 0 Å². The maximum Gasteiger partial charge on any atom is 0.152 e. The maximum atomic E-state index is 10.9. The Hall–Kier alpha value is -2.62. The number of para-hydroxylation sites is 1. The van der Waals surface area contributed by atoms with E-state index in [1.807, 2.05) is 18.2 Å². The van der Waals surface area contributed by atoms with Gasteiger partial charge in [0, 0.05) is 16.5 Å². The molecule has 0 aliphatic rings. The Morgan fingerprint density at radius 3 is 2.78 bits per heavy atom. The molecule has 3 rings (SSSR count). The lowest BCUT2D eigenvalue weighted by atomic mass is 10.1. The van der Waals surface area contributed by atoms with Crippen molar-refractivity contribution in [3.05, 3.63) is 48.0 Å². The van der Waals surface area contributed by atoms with Crippen LogP contribution in [0.25, 0.3) is 22.2 Å². The highest BCUT2D eigenvalue weighted by molar-refractivity contribution is 6.01. The van der Waals surface area contributed by atoms with E-state index in [1.165, 1.54) is 0 Å². The number of fused-ring (bicyclic) bond motifs is 1. The molecule has 3 aromatic rings. The quantitative estimate of drug-likeness (QED) is 0.674. The van der Waals surface area contributed by atoms with Gasteiger partial charge in [0.1, 0.15) is 11.3 Å². The van der Waals surface area contributed by atoms with Crippen LogP contribution in [0.3, 0.4) is 0 Å². The number of nitrogens with zero attached hydrogens (tertiary/aromatic N) is 1. The average molecular weight is 238 g/mol. The molecule has 2 N–H and O–H groups in total. The SMILES string of the molecule is O=Cc1cccc2c(-c3cccc(O)c3)[nH]nc12. The molecule has 0 bridgehead atoms. The van der Waals surface area contributed by atoms with Crippen LogP contribution in [0.4, 0.5) is 0 Å². The summed E-state index contributed by atoms with van der Waals surface area (Å²) in [5.41, 5.74) is 2.83. The van der Waals surface area contributed by atoms with Gasteiger partial charge in [0.2, 0.25) is 0 Å². The minimum absolute atomic E-state index is 0.196. The molecule has 18 heavy (non-hydrogen) atoms. The number of aromatic amines is 1. The molecule has 0 aliphatic carbocycles. The highest BCUT2D eigenvalue weighted by Gasteiger charge is 2.10. The van der Waals surface area contributed by atoms with Crippen LogP contribution in [0.1, 0.15) is 10.4 Å². The molecule has 0 aliphatic heterocycles. The molecule has 0 atom stereocenters. The second-order valence-electron chi connectivity index (χ2n) is 4.01. The van der Waals surface area contributed by atoms with Crippen molar-refractivity contribution in [1.29, 1.82) is 0 Å². The zero-order valence-electron chi connectivity index (χ0n) is 9.42. The topological polar surface area (TPSA) is 66.0 Å². The van der Waals surface area contributed by atoms with E-state index in [0.29, 0.717) is 11.1 Å². The van der Waals surface area contributed by atoms with Gasteiger partial charge >= 0.3 is 0 Å². The van der Waals surface area contributed by atoms with Crippen LogP contribution in [0.5, 0.6) is 5.75 Å². The fourth-order valence-electron chi connectivity index (χ4n) is 2.04. The normalized spacial score (nSPS) is 10.7. The largest absolute Gasteiger partial charge is 0.508 e. The van der Waals surface area contributed by atoms with Crippen molar-refractivity contribution in [3.8, 4) is 17.0 Å². The van der Waals surface area contributed by atoms with E-state index in [2.05, 4.69) is 10.2 Å². The predicted octanol–water partition coefficient (Wildman–Crippen LogP) is 2.75. The standard InChI is InChI=1S/C14H10N2O2/c17-8-10-4-2-6-12-13(15-16-14(10)12)9-3-1-5-11(18)7-9/h1-8,18H,(H,15,16). The number of phenols is 1. The smallest absolute Gasteiger partial charge is 0.152 e. The first-order chi connectivity index (χ1) is 8.79. The van der Waals surface area contributed by atoms with Crippen molar-refractivity contribution in [3.63, 3.8) is 0 Å². The van der Waals surface area contributed by atoms with Crippen LogP contribution in [-0.4, -0.2) is 21.6 Å². The van der Waals surface area contributed by atoms with Gasteiger partial charge in [-0.1, -0.05) is 24.3 Å².